The minimum Gasteiger partial charge on any atom is -0.493 e. The zero-order valence-corrected chi connectivity index (χ0v) is 20.7. The van der Waals surface area contributed by atoms with Crippen molar-refractivity contribution < 1.29 is 14.2 Å². The van der Waals surface area contributed by atoms with Gasteiger partial charge in [0, 0.05) is 19.7 Å². The predicted molar refractivity (Wildman–Crippen MR) is 133 cm³/mol. The van der Waals surface area contributed by atoms with Crippen LogP contribution in [0.3, 0.4) is 0 Å². The van der Waals surface area contributed by atoms with Crippen LogP contribution in [0.2, 0.25) is 0 Å². The normalized spacial score (nSPS) is 10.9. The number of benzene rings is 2. The molecule has 0 aliphatic heterocycles. The minimum atomic E-state index is 0. The molecule has 0 fully saturated rings. The van der Waals surface area contributed by atoms with Gasteiger partial charge in [0.2, 0.25) is 0 Å². The van der Waals surface area contributed by atoms with Crippen LogP contribution in [0.25, 0.3) is 0 Å². The van der Waals surface area contributed by atoms with Crippen LogP contribution >= 0.6 is 24.0 Å². The third-order valence-corrected chi connectivity index (χ3v) is 4.41. The molecule has 2 N–H and O–H groups in total. The Bertz CT molecular complexity index is 767. The monoisotopic (exact) mass is 527 g/mol. The van der Waals surface area contributed by atoms with Crippen molar-refractivity contribution in [2.24, 2.45) is 4.99 Å². The second-order valence-electron chi connectivity index (χ2n) is 6.51. The first kappa shape index (κ1) is 26.0. The fraction of sp³-hybridized carbons (Fsp3) is 0.435. The van der Waals surface area contributed by atoms with Gasteiger partial charge in [-0.25, -0.2) is 4.99 Å². The summed E-state index contributed by atoms with van der Waals surface area (Å²) >= 11 is 0. The average Bonchev–Trinajstić information content (AvgIpc) is 2.76. The molecule has 2 aromatic rings. The van der Waals surface area contributed by atoms with Crippen LogP contribution in [0.15, 0.2) is 47.5 Å². The molecule has 0 spiro atoms. The Morgan fingerprint density at radius 2 is 1.53 bits per heavy atom. The number of rotatable bonds is 11. The molecule has 2 aromatic carbocycles. The van der Waals surface area contributed by atoms with Gasteiger partial charge in [-0.1, -0.05) is 30.3 Å². The molecular weight excluding hydrogens is 493 g/mol. The van der Waals surface area contributed by atoms with E-state index in [1.807, 2.05) is 19.1 Å². The van der Waals surface area contributed by atoms with Crippen molar-refractivity contribution in [3.8, 4) is 11.5 Å². The maximum absolute atomic E-state index is 5.44. The summed E-state index contributed by atoms with van der Waals surface area (Å²) in [6.07, 6.45) is 0.858. The topological polar surface area (TPSA) is 64.1 Å². The van der Waals surface area contributed by atoms with Crippen LogP contribution in [0.1, 0.15) is 30.5 Å². The van der Waals surface area contributed by atoms with Gasteiger partial charge in [-0.05, 0) is 49.1 Å². The molecule has 0 heterocycles. The first-order valence-corrected chi connectivity index (χ1v) is 10.1. The summed E-state index contributed by atoms with van der Waals surface area (Å²) in [5.74, 6) is 2.30. The summed E-state index contributed by atoms with van der Waals surface area (Å²) in [6.45, 7) is 7.66. The van der Waals surface area contributed by atoms with Crippen molar-refractivity contribution >= 4 is 29.9 Å². The van der Waals surface area contributed by atoms with Crippen molar-refractivity contribution in [1.82, 2.24) is 10.6 Å². The van der Waals surface area contributed by atoms with Crippen LogP contribution in [-0.4, -0.2) is 39.9 Å². The number of methoxy groups -OCH3 is 2. The fourth-order valence-corrected chi connectivity index (χ4v) is 2.83. The molecule has 30 heavy (non-hydrogen) atoms. The molecule has 0 atom stereocenters. The molecule has 0 aliphatic carbocycles. The largest absolute Gasteiger partial charge is 0.493 e. The Labute approximate surface area is 197 Å². The van der Waals surface area contributed by atoms with Gasteiger partial charge in [0.05, 0.1) is 27.4 Å². The van der Waals surface area contributed by atoms with E-state index < -0.39 is 0 Å². The minimum absolute atomic E-state index is 0. The Balaban J connectivity index is 0.00000450. The number of aliphatic imine (C=N–C) groups is 1. The highest BCUT2D eigenvalue weighted by atomic mass is 127. The molecule has 2 rings (SSSR count). The van der Waals surface area contributed by atoms with E-state index >= 15 is 0 Å². The average molecular weight is 527 g/mol. The molecule has 0 amide bonds. The number of halogens is 1. The van der Waals surface area contributed by atoms with Crippen LogP contribution < -0.4 is 20.1 Å². The summed E-state index contributed by atoms with van der Waals surface area (Å²) in [5, 5.41) is 6.69. The van der Waals surface area contributed by atoms with Crippen LogP contribution in [-0.2, 0) is 24.3 Å². The lowest BCUT2D eigenvalue weighted by molar-refractivity contribution is 0.134. The van der Waals surface area contributed by atoms with Crippen LogP contribution in [0.5, 0.6) is 11.5 Å². The standard InChI is InChI=1S/C23H33N3O3.HI/c1-5-24-23(26-16-19-7-9-20(10-8-19)17-29-6-2)25-14-13-18-11-12-21(27-3)22(15-18)28-4;/h7-12,15H,5-6,13-14,16-17H2,1-4H3,(H2,24,25,26);1H. The number of ether oxygens (including phenoxy) is 3. The molecule has 0 saturated heterocycles. The first-order valence-electron chi connectivity index (χ1n) is 10.1. The molecule has 0 aromatic heterocycles. The third-order valence-electron chi connectivity index (χ3n) is 4.41. The van der Waals surface area contributed by atoms with Crippen molar-refractivity contribution in [1.29, 1.82) is 0 Å². The van der Waals surface area contributed by atoms with Gasteiger partial charge >= 0.3 is 0 Å². The van der Waals surface area contributed by atoms with E-state index in [1.54, 1.807) is 14.2 Å². The highest BCUT2D eigenvalue weighted by molar-refractivity contribution is 14.0. The summed E-state index contributed by atoms with van der Waals surface area (Å²) in [5.41, 5.74) is 3.53. The van der Waals surface area contributed by atoms with Gasteiger partial charge in [0.15, 0.2) is 17.5 Å². The van der Waals surface area contributed by atoms with Crippen molar-refractivity contribution in [2.45, 2.75) is 33.4 Å². The molecule has 0 saturated carbocycles. The van der Waals surface area contributed by atoms with Gasteiger partial charge in [0.1, 0.15) is 0 Å². The van der Waals surface area contributed by atoms with Gasteiger partial charge in [0.25, 0.3) is 0 Å². The summed E-state index contributed by atoms with van der Waals surface area (Å²) < 4.78 is 16.1. The summed E-state index contributed by atoms with van der Waals surface area (Å²) in [7, 11) is 3.30. The third kappa shape index (κ3) is 8.79. The lowest BCUT2D eigenvalue weighted by Crippen LogP contribution is -2.38. The summed E-state index contributed by atoms with van der Waals surface area (Å²) in [6, 6.07) is 14.4. The number of hydrogen-bond donors (Lipinski definition) is 2. The SMILES string of the molecule is CCNC(=NCc1ccc(COCC)cc1)NCCc1ccc(OC)c(OC)c1.I. The van der Waals surface area contributed by atoms with Gasteiger partial charge in [-0.2, -0.15) is 0 Å². The Kier molecular flexibility index (Phi) is 12.9. The molecule has 0 radical (unpaired) electrons. The van der Waals surface area contributed by atoms with Gasteiger partial charge in [-0.15, -0.1) is 24.0 Å². The van der Waals surface area contributed by atoms with E-state index in [1.165, 1.54) is 16.7 Å². The van der Waals surface area contributed by atoms with E-state index in [-0.39, 0.29) is 24.0 Å². The Hall–Kier alpha value is -2.00. The number of nitrogens with zero attached hydrogens (tertiary/aromatic N) is 1. The predicted octanol–water partition coefficient (Wildman–Crippen LogP) is 4.16. The van der Waals surface area contributed by atoms with E-state index in [0.29, 0.717) is 13.2 Å². The lowest BCUT2D eigenvalue weighted by atomic mass is 10.1. The Morgan fingerprint density at radius 3 is 2.17 bits per heavy atom. The molecular formula is C23H34IN3O3. The van der Waals surface area contributed by atoms with Crippen molar-refractivity contribution in [3.05, 3.63) is 59.2 Å². The first-order chi connectivity index (χ1) is 14.2. The second kappa shape index (κ2) is 14.9. The molecule has 6 nitrogen and oxygen atoms in total. The van der Waals surface area contributed by atoms with E-state index in [4.69, 9.17) is 14.2 Å². The summed E-state index contributed by atoms with van der Waals surface area (Å²) in [4.78, 5) is 4.69. The zero-order chi connectivity index (χ0) is 20.9. The lowest BCUT2D eigenvalue weighted by Gasteiger charge is -2.13. The number of guanidine groups is 1. The van der Waals surface area contributed by atoms with E-state index in [0.717, 1.165) is 43.6 Å². The maximum Gasteiger partial charge on any atom is 0.191 e. The molecule has 0 aliphatic rings. The number of nitrogens with one attached hydrogen (secondary N) is 2. The molecule has 0 bridgehead atoms. The Morgan fingerprint density at radius 1 is 0.867 bits per heavy atom. The van der Waals surface area contributed by atoms with Gasteiger partial charge in [-0.3, -0.25) is 0 Å². The van der Waals surface area contributed by atoms with Crippen molar-refractivity contribution in [2.75, 3.05) is 33.9 Å². The van der Waals surface area contributed by atoms with E-state index in [2.05, 4.69) is 52.9 Å². The van der Waals surface area contributed by atoms with Gasteiger partial charge < -0.3 is 24.8 Å². The quantitative estimate of drug-likeness (QED) is 0.261. The molecule has 166 valence electrons. The maximum atomic E-state index is 5.44. The fourth-order valence-electron chi connectivity index (χ4n) is 2.83. The molecule has 7 heteroatoms. The smallest absolute Gasteiger partial charge is 0.191 e. The highest BCUT2D eigenvalue weighted by Crippen LogP contribution is 2.27. The zero-order valence-electron chi connectivity index (χ0n) is 18.4. The van der Waals surface area contributed by atoms with Crippen LogP contribution in [0.4, 0.5) is 0 Å². The number of hydrogen-bond acceptors (Lipinski definition) is 4. The van der Waals surface area contributed by atoms with E-state index in [9.17, 15) is 0 Å². The van der Waals surface area contributed by atoms with Crippen molar-refractivity contribution in [3.63, 3.8) is 0 Å². The highest BCUT2D eigenvalue weighted by Gasteiger charge is 2.05. The van der Waals surface area contributed by atoms with Crippen LogP contribution in [0, 0.1) is 0 Å². The molecule has 0 unspecified atom stereocenters. The second-order valence-corrected chi connectivity index (χ2v) is 6.51.